The zero-order chi connectivity index (χ0) is 5.91. The zero-order valence-corrected chi connectivity index (χ0v) is 3.97. The van der Waals surface area contributed by atoms with Gasteiger partial charge in [-0.1, -0.05) is 5.94 Å². The molecule has 0 aliphatic rings. The van der Waals surface area contributed by atoms with Gasteiger partial charge in [0.15, 0.2) is 0 Å². The van der Waals surface area contributed by atoms with E-state index in [1.165, 1.54) is 0 Å². The number of hydrogen-bond acceptors (Lipinski definition) is 2. The van der Waals surface area contributed by atoms with Crippen LogP contribution in [-0.4, -0.2) is 12.3 Å². The van der Waals surface area contributed by atoms with E-state index < -0.39 is 12.3 Å². The first-order valence-electron chi connectivity index (χ1n) is 1.35. The van der Waals surface area contributed by atoms with Gasteiger partial charge in [-0.3, -0.25) is 0 Å². The van der Waals surface area contributed by atoms with Gasteiger partial charge >= 0.3 is 6.36 Å². The molecule has 44 valence electrons. The highest BCUT2D eigenvalue weighted by molar-refractivity contribution is 7.58. The van der Waals surface area contributed by atoms with Crippen LogP contribution in [0.2, 0.25) is 0 Å². The highest BCUT2D eigenvalue weighted by atomic mass is 32.1. The first-order chi connectivity index (χ1) is 3.06. The van der Waals surface area contributed by atoms with Crippen molar-refractivity contribution in [3.8, 4) is 0 Å². The van der Waals surface area contributed by atoms with Crippen molar-refractivity contribution in [2.24, 2.45) is 0 Å². The maximum atomic E-state index is 10.8. The first-order valence-corrected chi connectivity index (χ1v) is 1.93. The number of alkyl halides is 3. The van der Waals surface area contributed by atoms with Gasteiger partial charge in [0, 0.05) is 0 Å². The first kappa shape index (κ1) is 7.10. The molecule has 0 aromatic rings. The second-order valence-electron chi connectivity index (χ2n) is 0.708. The summed E-state index contributed by atoms with van der Waals surface area (Å²) in [4.78, 5) is 0. The molecular weight excluding hydrogens is 129 g/mol. The molecule has 0 rings (SSSR count). The second-order valence-corrected chi connectivity index (χ2v) is 0.944. The lowest BCUT2D eigenvalue weighted by Crippen LogP contribution is -2.12. The fraction of sp³-hybridized carbons (Fsp3) is 1.00. The molecule has 0 atom stereocenters. The van der Waals surface area contributed by atoms with Crippen LogP contribution in [0.5, 0.6) is 0 Å². The van der Waals surface area contributed by atoms with Crippen molar-refractivity contribution in [2.45, 2.75) is 6.36 Å². The van der Waals surface area contributed by atoms with Crippen LogP contribution in [0.4, 0.5) is 13.2 Å². The Labute approximate surface area is 43.9 Å². The van der Waals surface area contributed by atoms with Gasteiger partial charge in [-0.25, -0.2) is 0 Å². The summed E-state index contributed by atoms with van der Waals surface area (Å²) in [5.74, 6) is -0.733. The van der Waals surface area contributed by atoms with E-state index in [2.05, 4.69) is 17.4 Å². The number of ether oxygens (including phenoxy) is 1. The minimum absolute atomic E-state index is 0.733. The largest absolute Gasteiger partial charge is 0.764 e. The lowest BCUT2D eigenvalue weighted by atomic mass is 11.3. The Kier molecular flexibility index (Phi) is 2.45. The van der Waals surface area contributed by atoms with Crippen LogP contribution in [0.1, 0.15) is 0 Å². The Balaban J connectivity index is 3.15. The fourth-order valence-electron chi connectivity index (χ4n) is 0.0668. The summed E-state index contributed by atoms with van der Waals surface area (Å²) in [6, 6.07) is 0. The Morgan fingerprint density at radius 1 is 1.43 bits per heavy atom. The standard InChI is InChI=1S/C2H3F3OS/c3-2(4,5)6-1-7/h7H,1H2/p-1. The lowest BCUT2D eigenvalue weighted by Gasteiger charge is -2.07. The third kappa shape index (κ3) is 6.10. The molecule has 0 aromatic heterocycles. The van der Waals surface area contributed by atoms with Gasteiger partial charge in [0.05, 0.1) is 0 Å². The number of hydrogen-bond donors (Lipinski definition) is 0. The van der Waals surface area contributed by atoms with Crippen LogP contribution in [-0.2, 0) is 17.4 Å². The van der Waals surface area contributed by atoms with Crippen molar-refractivity contribution in [1.29, 1.82) is 0 Å². The molecule has 0 heterocycles. The molecule has 7 heavy (non-hydrogen) atoms. The van der Waals surface area contributed by atoms with Crippen LogP contribution in [0.25, 0.3) is 0 Å². The van der Waals surface area contributed by atoms with Gasteiger partial charge in [-0.05, 0) is 0 Å². The second kappa shape index (κ2) is 2.42. The molecule has 0 bridgehead atoms. The van der Waals surface area contributed by atoms with E-state index in [4.69, 9.17) is 0 Å². The molecule has 0 aromatic carbocycles. The average molecular weight is 131 g/mol. The average Bonchev–Trinajstić information content (AvgIpc) is 1.30. The van der Waals surface area contributed by atoms with Crippen molar-refractivity contribution in [1.82, 2.24) is 0 Å². The Morgan fingerprint density at radius 3 is 1.86 bits per heavy atom. The zero-order valence-electron chi connectivity index (χ0n) is 3.16. The van der Waals surface area contributed by atoms with Gasteiger partial charge in [0.2, 0.25) is 0 Å². The molecule has 0 fully saturated rings. The van der Waals surface area contributed by atoms with E-state index in [1.54, 1.807) is 0 Å². The minimum Gasteiger partial charge on any atom is -0.764 e. The predicted molar refractivity (Wildman–Crippen MR) is 19.4 cm³/mol. The highest BCUT2D eigenvalue weighted by Crippen LogP contribution is 2.14. The third-order valence-corrected chi connectivity index (χ3v) is 0.340. The van der Waals surface area contributed by atoms with Crippen molar-refractivity contribution in [3.05, 3.63) is 0 Å². The van der Waals surface area contributed by atoms with Crippen molar-refractivity contribution in [2.75, 3.05) is 5.94 Å². The SMILES string of the molecule is FC(F)(F)OC[S-]. The van der Waals surface area contributed by atoms with E-state index >= 15 is 0 Å². The highest BCUT2D eigenvalue weighted by Gasteiger charge is 2.26. The Morgan fingerprint density at radius 2 is 1.86 bits per heavy atom. The van der Waals surface area contributed by atoms with E-state index in [0.29, 0.717) is 0 Å². The van der Waals surface area contributed by atoms with Crippen molar-refractivity contribution < 1.29 is 17.9 Å². The van der Waals surface area contributed by atoms with Gasteiger partial charge in [0.1, 0.15) is 0 Å². The molecular formula is C2H2F3OS-. The molecule has 0 unspecified atom stereocenters. The van der Waals surface area contributed by atoms with E-state index in [1.807, 2.05) is 0 Å². The Bertz CT molecular complexity index is 51.4. The summed E-state index contributed by atoms with van der Waals surface area (Å²) in [7, 11) is 0. The summed E-state index contributed by atoms with van der Waals surface area (Å²) in [6.07, 6.45) is -4.55. The molecule has 1 nitrogen and oxygen atoms in total. The fourth-order valence-corrected chi connectivity index (χ4v) is 0.200. The van der Waals surface area contributed by atoms with Gasteiger partial charge < -0.3 is 17.4 Å². The van der Waals surface area contributed by atoms with E-state index in [9.17, 15) is 13.2 Å². The van der Waals surface area contributed by atoms with Gasteiger partial charge in [-0.15, -0.1) is 13.2 Å². The minimum atomic E-state index is -4.55. The summed E-state index contributed by atoms with van der Waals surface area (Å²) >= 11 is 3.86. The van der Waals surface area contributed by atoms with Crippen LogP contribution in [0.15, 0.2) is 0 Å². The number of rotatable bonds is 1. The summed E-state index contributed by atoms with van der Waals surface area (Å²) in [5, 5.41) is 0. The molecule has 0 spiro atoms. The predicted octanol–water partition coefficient (Wildman–Crippen LogP) is 1.03. The van der Waals surface area contributed by atoms with E-state index in [0.717, 1.165) is 0 Å². The molecule has 0 amide bonds. The normalized spacial score (nSPS) is 12.0. The quantitative estimate of drug-likeness (QED) is 0.491. The third-order valence-electron chi connectivity index (χ3n) is 0.223. The molecule has 5 heteroatoms. The van der Waals surface area contributed by atoms with Gasteiger partial charge in [0.25, 0.3) is 0 Å². The molecule has 0 N–H and O–H groups in total. The molecule has 0 saturated carbocycles. The summed E-state index contributed by atoms with van der Waals surface area (Å²) in [6.45, 7) is 0. The lowest BCUT2D eigenvalue weighted by molar-refractivity contribution is -0.315. The molecule has 0 radical (unpaired) electrons. The molecule has 0 saturated heterocycles. The van der Waals surface area contributed by atoms with Crippen LogP contribution < -0.4 is 0 Å². The molecule has 0 aliphatic heterocycles. The van der Waals surface area contributed by atoms with E-state index in [-0.39, 0.29) is 0 Å². The van der Waals surface area contributed by atoms with Crippen molar-refractivity contribution >= 4 is 12.6 Å². The molecule has 0 aliphatic carbocycles. The smallest absolute Gasteiger partial charge is 0.520 e. The summed E-state index contributed by atoms with van der Waals surface area (Å²) in [5.41, 5.74) is 0. The summed E-state index contributed by atoms with van der Waals surface area (Å²) < 4.78 is 35.3. The maximum absolute atomic E-state index is 10.8. The Hall–Kier alpha value is 0.100. The van der Waals surface area contributed by atoms with Crippen LogP contribution >= 0.6 is 0 Å². The maximum Gasteiger partial charge on any atom is 0.520 e. The van der Waals surface area contributed by atoms with Crippen LogP contribution in [0.3, 0.4) is 0 Å². The topological polar surface area (TPSA) is 9.23 Å². The number of halogens is 3. The van der Waals surface area contributed by atoms with Crippen LogP contribution in [0, 0.1) is 0 Å². The van der Waals surface area contributed by atoms with Crippen molar-refractivity contribution in [3.63, 3.8) is 0 Å². The van der Waals surface area contributed by atoms with Gasteiger partial charge in [-0.2, -0.15) is 0 Å². The monoisotopic (exact) mass is 131 g/mol.